The predicted molar refractivity (Wildman–Crippen MR) is 178 cm³/mol. The van der Waals surface area contributed by atoms with E-state index in [1.165, 1.54) is 18.6 Å². The minimum Gasteiger partial charge on any atom is -0.384 e. The molecule has 0 radical (unpaired) electrons. The molecule has 234 valence electrons. The first-order chi connectivity index (χ1) is 22.4. The Labute approximate surface area is 265 Å². The molecule has 1 aromatic carbocycles. The molecule has 12 heteroatoms. The topological polar surface area (TPSA) is 140 Å². The fraction of sp³-hybridized carbons (Fsp3) is 0.294. The van der Waals surface area contributed by atoms with E-state index in [-0.39, 0.29) is 17.6 Å². The van der Waals surface area contributed by atoms with Crippen molar-refractivity contribution in [2.24, 2.45) is 5.92 Å². The highest BCUT2D eigenvalue weighted by Crippen LogP contribution is 2.34. The number of fused-ring (bicyclic) bond motifs is 2. The first kappa shape index (κ1) is 29.5. The van der Waals surface area contributed by atoms with Crippen molar-refractivity contribution in [2.45, 2.75) is 32.1 Å². The van der Waals surface area contributed by atoms with Crippen molar-refractivity contribution < 1.29 is 9.18 Å². The monoisotopic (exact) mass is 618 g/mol. The van der Waals surface area contributed by atoms with Gasteiger partial charge in [-0.1, -0.05) is 19.3 Å². The van der Waals surface area contributed by atoms with E-state index in [9.17, 15) is 9.18 Å². The van der Waals surface area contributed by atoms with Crippen LogP contribution in [0.1, 0.15) is 32.1 Å². The van der Waals surface area contributed by atoms with Gasteiger partial charge in [0, 0.05) is 60.0 Å². The summed E-state index contributed by atoms with van der Waals surface area (Å²) in [6.45, 7) is 1.50. The van der Waals surface area contributed by atoms with Crippen LogP contribution in [-0.4, -0.2) is 73.1 Å². The summed E-state index contributed by atoms with van der Waals surface area (Å²) in [5, 5.41) is 14.6. The van der Waals surface area contributed by atoms with Gasteiger partial charge in [0.05, 0.1) is 34.5 Å². The smallest absolute Gasteiger partial charge is 0.227 e. The number of likely N-dealkylation sites (N-methyl/N-ethyl adjacent to an activating group) is 1. The third-order valence-electron chi connectivity index (χ3n) is 8.45. The summed E-state index contributed by atoms with van der Waals surface area (Å²) in [4.78, 5) is 36.5. The van der Waals surface area contributed by atoms with Crippen LogP contribution in [0, 0.1) is 11.7 Å². The van der Waals surface area contributed by atoms with Gasteiger partial charge in [-0.15, -0.1) is 0 Å². The molecule has 0 unspecified atom stereocenters. The minimum atomic E-state index is -0.345. The van der Waals surface area contributed by atoms with Crippen LogP contribution >= 0.6 is 0 Å². The van der Waals surface area contributed by atoms with Crippen LogP contribution in [-0.2, 0) is 4.79 Å². The molecule has 0 atom stereocenters. The van der Waals surface area contributed by atoms with Gasteiger partial charge in [0.15, 0.2) is 11.5 Å². The summed E-state index contributed by atoms with van der Waals surface area (Å²) in [5.74, 6) is 0.315. The molecule has 1 fully saturated rings. The molecule has 0 saturated heterocycles. The molecule has 4 N–H and O–H groups in total. The van der Waals surface area contributed by atoms with E-state index < -0.39 is 0 Å². The normalized spacial score (nSPS) is 13.9. The van der Waals surface area contributed by atoms with E-state index in [0.29, 0.717) is 57.2 Å². The Bertz CT molecular complexity index is 2030. The van der Waals surface area contributed by atoms with Crippen molar-refractivity contribution in [1.82, 2.24) is 40.0 Å². The molecule has 7 rings (SSSR count). The summed E-state index contributed by atoms with van der Waals surface area (Å²) in [6, 6.07) is 8.78. The predicted octanol–water partition coefficient (Wildman–Crippen LogP) is 6.26. The number of carbonyl (C=O) groups is 1. The van der Waals surface area contributed by atoms with Gasteiger partial charge in [0.25, 0.3) is 0 Å². The molecule has 0 aliphatic heterocycles. The third kappa shape index (κ3) is 6.16. The lowest BCUT2D eigenvalue weighted by Gasteiger charge is -2.20. The van der Waals surface area contributed by atoms with Crippen molar-refractivity contribution in [3.05, 3.63) is 67.1 Å². The fourth-order valence-electron chi connectivity index (χ4n) is 6.05. The number of nitrogens with zero attached hydrogens (tertiary/aromatic N) is 6. The molecule has 46 heavy (non-hydrogen) atoms. The molecule has 0 bridgehead atoms. The maximum atomic E-state index is 14.7. The zero-order chi connectivity index (χ0) is 31.6. The van der Waals surface area contributed by atoms with Gasteiger partial charge < -0.3 is 20.5 Å². The molecule has 1 saturated carbocycles. The zero-order valence-electron chi connectivity index (χ0n) is 25.8. The van der Waals surface area contributed by atoms with Gasteiger partial charge in [-0.3, -0.25) is 19.9 Å². The van der Waals surface area contributed by atoms with Crippen LogP contribution in [0.2, 0.25) is 0 Å². The number of anilines is 2. The maximum absolute atomic E-state index is 14.7. The number of halogens is 1. The lowest BCUT2D eigenvalue weighted by Crippen LogP contribution is -2.24. The number of imidazole rings is 1. The van der Waals surface area contributed by atoms with Crippen LogP contribution in [0.15, 0.2) is 61.3 Å². The molecule has 1 aliphatic carbocycles. The van der Waals surface area contributed by atoms with Gasteiger partial charge in [0.1, 0.15) is 11.5 Å². The van der Waals surface area contributed by atoms with Crippen LogP contribution < -0.4 is 10.6 Å². The van der Waals surface area contributed by atoms with E-state index in [2.05, 4.69) is 45.7 Å². The first-order valence-corrected chi connectivity index (χ1v) is 15.6. The van der Waals surface area contributed by atoms with Crippen molar-refractivity contribution >= 4 is 39.3 Å². The third-order valence-corrected chi connectivity index (χ3v) is 8.45. The standard InChI is InChI=1S/C34H35FN10O/c1-45(2)9-8-38-25-11-21(10-24(35)14-25)28-18-37-19-29-30(28)42-33(41-29)31-27-13-23(16-39-32(27)44-43-31)22-12-26(17-36-15-22)40-34(46)20-6-4-3-5-7-20/h10-20,38H,3-9H2,1-2H3,(H,40,46)(H,41,42)(H,39,43,44). The molecular weight excluding hydrogens is 583 g/mol. The number of aromatic amines is 2. The van der Waals surface area contributed by atoms with Gasteiger partial charge in [-0.05, 0) is 62.8 Å². The molecule has 6 aromatic rings. The number of benzene rings is 1. The quantitative estimate of drug-likeness (QED) is 0.149. The van der Waals surface area contributed by atoms with Gasteiger partial charge in [0.2, 0.25) is 5.91 Å². The van der Waals surface area contributed by atoms with Crippen molar-refractivity contribution in [1.29, 1.82) is 0 Å². The number of hydrogen-bond donors (Lipinski definition) is 4. The molecule has 1 aliphatic rings. The van der Waals surface area contributed by atoms with Crippen LogP contribution in [0.25, 0.3) is 55.8 Å². The number of carbonyl (C=O) groups excluding carboxylic acids is 1. The Morgan fingerprint density at radius 1 is 0.935 bits per heavy atom. The molecular formula is C34H35FN10O. The Balaban J connectivity index is 1.19. The van der Waals surface area contributed by atoms with Gasteiger partial charge in [-0.25, -0.2) is 14.4 Å². The second-order valence-electron chi connectivity index (χ2n) is 12.1. The van der Waals surface area contributed by atoms with E-state index in [0.717, 1.165) is 48.7 Å². The first-order valence-electron chi connectivity index (χ1n) is 15.6. The number of H-pyrrole nitrogens is 2. The van der Waals surface area contributed by atoms with E-state index in [1.807, 2.05) is 32.3 Å². The number of nitrogens with one attached hydrogen (secondary N) is 4. The Hall–Kier alpha value is -5.23. The Morgan fingerprint density at radius 3 is 2.59 bits per heavy atom. The second kappa shape index (κ2) is 12.6. The van der Waals surface area contributed by atoms with Gasteiger partial charge in [-0.2, -0.15) is 5.10 Å². The van der Waals surface area contributed by atoms with Crippen molar-refractivity contribution in [3.8, 4) is 33.8 Å². The molecule has 0 spiro atoms. The second-order valence-corrected chi connectivity index (χ2v) is 12.1. The summed E-state index contributed by atoms with van der Waals surface area (Å²) in [6.07, 6.45) is 13.8. The average molecular weight is 619 g/mol. The van der Waals surface area contributed by atoms with Gasteiger partial charge >= 0.3 is 0 Å². The van der Waals surface area contributed by atoms with Crippen LogP contribution in [0.4, 0.5) is 15.8 Å². The highest BCUT2D eigenvalue weighted by Gasteiger charge is 2.22. The van der Waals surface area contributed by atoms with Crippen molar-refractivity contribution in [2.75, 3.05) is 37.8 Å². The highest BCUT2D eigenvalue weighted by atomic mass is 19.1. The number of amides is 1. The molecule has 5 aromatic heterocycles. The molecule has 11 nitrogen and oxygen atoms in total. The lowest BCUT2D eigenvalue weighted by molar-refractivity contribution is -0.120. The molecule has 1 amide bonds. The summed E-state index contributed by atoms with van der Waals surface area (Å²) in [7, 11) is 3.99. The zero-order valence-corrected chi connectivity index (χ0v) is 25.8. The number of hydrogen-bond acceptors (Lipinski definition) is 8. The maximum Gasteiger partial charge on any atom is 0.227 e. The summed E-state index contributed by atoms with van der Waals surface area (Å²) in [5.41, 5.74) is 6.92. The van der Waals surface area contributed by atoms with Crippen LogP contribution in [0.3, 0.4) is 0 Å². The van der Waals surface area contributed by atoms with E-state index >= 15 is 0 Å². The highest BCUT2D eigenvalue weighted by molar-refractivity contribution is 5.97. The Kier molecular flexibility index (Phi) is 8.10. The number of rotatable bonds is 9. The Morgan fingerprint density at radius 2 is 1.74 bits per heavy atom. The lowest BCUT2D eigenvalue weighted by atomic mass is 9.88. The van der Waals surface area contributed by atoms with E-state index in [4.69, 9.17) is 4.98 Å². The summed E-state index contributed by atoms with van der Waals surface area (Å²) >= 11 is 0. The fourth-order valence-corrected chi connectivity index (χ4v) is 6.05. The minimum absolute atomic E-state index is 0.0520. The van der Waals surface area contributed by atoms with Crippen molar-refractivity contribution in [3.63, 3.8) is 0 Å². The molecule has 5 heterocycles. The SMILES string of the molecule is CN(C)CCNc1cc(F)cc(-c2cncc3[nH]c(-c4[nH]nc5ncc(-c6cncc(NC(=O)C7CCCCC7)c6)cc45)nc23)c1. The average Bonchev–Trinajstić information content (AvgIpc) is 3.69. The number of aromatic nitrogens is 7. The van der Waals surface area contributed by atoms with Crippen LogP contribution in [0.5, 0.6) is 0 Å². The summed E-state index contributed by atoms with van der Waals surface area (Å²) < 4.78 is 14.7. The number of pyridine rings is 3. The van der Waals surface area contributed by atoms with E-state index in [1.54, 1.807) is 31.0 Å². The largest absolute Gasteiger partial charge is 0.384 e.